The Hall–Kier alpha value is -0.0800. The molecule has 1 N–H and O–H groups in total. The predicted octanol–water partition coefficient (Wildman–Crippen LogP) is 1.47. The summed E-state index contributed by atoms with van der Waals surface area (Å²) in [7, 11) is 0. The first-order valence-corrected chi connectivity index (χ1v) is 5.38. The topological polar surface area (TPSA) is 15.3 Å². The van der Waals surface area contributed by atoms with Crippen molar-refractivity contribution in [2.75, 3.05) is 19.6 Å². The van der Waals surface area contributed by atoms with E-state index in [0.29, 0.717) is 0 Å². The molecule has 3 saturated heterocycles. The second-order valence-electron chi connectivity index (χ2n) is 3.44. The zero-order chi connectivity index (χ0) is 8.97. The molecule has 0 aromatic carbocycles. The number of hydrogen-bond donors (Lipinski definition) is 1. The molecular weight excluding hydrogens is 148 g/mol. The molecule has 72 valence electrons. The van der Waals surface area contributed by atoms with Crippen molar-refractivity contribution in [1.29, 1.82) is 0 Å². The Labute approximate surface area is 76.3 Å². The molecule has 0 amide bonds. The fraction of sp³-hybridized carbons (Fsp3) is 1.00. The van der Waals surface area contributed by atoms with Crippen LogP contribution in [0, 0.1) is 0 Å². The van der Waals surface area contributed by atoms with Gasteiger partial charge in [-0.05, 0) is 19.4 Å². The largest absolute Gasteiger partial charge is 0.314 e. The van der Waals surface area contributed by atoms with E-state index in [-0.39, 0.29) is 0 Å². The molecule has 3 rings (SSSR count). The number of rotatable bonds is 2. The van der Waals surface area contributed by atoms with Crippen LogP contribution in [0.15, 0.2) is 0 Å². The molecule has 0 aromatic heterocycles. The number of nitrogens with zero attached hydrogens (tertiary/aromatic N) is 1. The van der Waals surface area contributed by atoms with Gasteiger partial charge in [-0.15, -0.1) is 0 Å². The molecule has 3 aliphatic rings. The van der Waals surface area contributed by atoms with Crippen molar-refractivity contribution >= 4 is 0 Å². The number of piperazine rings is 1. The summed E-state index contributed by atoms with van der Waals surface area (Å²) in [5.74, 6) is 0. The molecular formula is C10H22N2. The Morgan fingerprint density at radius 2 is 1.83 bits per heavy atom. The van der Waals surface area contributed by atoms with E-state index in [1.54, 1.807) is 0 Å². The monoisotopic (exact) mass is 170 g/mol. The third kappa shape index (κ3) is 1.80. The van der Waals surface area contributed by atoms with Crippen molar-refractivity contribution < 1.29 is 0 Å². The lowest BCUT2D eigenvalue weighted by Gasteiger charge is -2.53. The first-order valence-electron chi connectivity index (χ1n) is 5.38. The molecule has 2 heteroatoms. The minimum atomic E-state index is 0.888. The molecule has 0 aliphatic carbocycles. The molecule has 12 heavy (non-hydrogen) atoms. The van der Waals surface area contributed by atoms with Crippen LogP contribution in [0.2, 0.25) is 0 Å². The third-order valence-electron chi connectivity index (χ3n) is 2.72. The summed E-state index contributed by atoms with van der Waals surface area (Å²) in [6, 6.07) is 1.78. The van der Waals surface area contributed by atoms with Crippen molar-refractivity contribution in [3.63, 3.8) is 0 Å². The molecule has 2 nitrogen and oxygen atoms in total. The van der Waals surface area contributed by atoms with Crippen molar-refractivity contribution in [2.24, 2.45) is 0 Å². The maximum atomic E-state index is 3.43. The van der Waals surface area contributed by atoms with Gasteiger partial charge in [-0.1, -0.05) is 20.8 Å². The maximum Gasteiger partial charge on any atom is 0.0239 e. The first kappa shape index (κ1) is 10.0. The quantitative estimate of drug-likeness (QED) is 0.675. The van der Waals surface area contributed by atoms with Gasteiger partial charge in [0.25, 0.3) is 0 Å². The van der Waals surface area contributed by atoms with E-state index in [2.05, 4.69) is 17.1 Å². The Morgan fingerprint density at radius 3 is 2.25 bits per heavy atom. The Bertz CT molecular complexity index is 111. The molecule has 3 heterocycles. The van der Waals surface area contributed by atoms with Crippen LogP contribution < -0.4 is 5.32 Å². The predicted molar refractivity (Wildman–Crippen MR) is 53.4 cm³/mol. The first-order chi connectivity index (χ1) is 5.92. The second kappa shape index (κ2) is 4.83. The van der Waals surface area contributed by atoms with Crippen LogP contribution in [-0.4, -0.2) is 36.6 Å². The van der Waals surface area contributed by atoms with Crippen molar-refractivity contribution in [2.45, 2.75) is 45.7 Å². The van der Waals surface area contributed by atoms with Crippen LogP contribution in [0.4, 0.5) is 0 Å². The molecule has 0 saturated carbocycles. The normalized spacial score (nSPS) is 33.2. The Kier molecular flexibility index (Phi) is 4.02. The molecule has 3 aliphatic heterocycles. The van der Waals surface area contributed by atoms with Crippen LogP contribution in [-0.2, 0) is 0 Å². The van der Waals surface area contributed by atoms with Crippen LogP contribution in [0.5, 0.6) is 0 Å². The van der Waals surface area contributed by atoms with Gasteiger partial charge in [0.1, 0.15) is 0 Å². The van der Waals surface area contributed by atoms with Crippen molar-refractivity contribution in [1.82, 2.24) is 10.2 Å². The van der Waals surface area contributed by atoms with Gasteiger partial charge in [0, 0.05) is 25.2 Å². The van der Waals surface area contributed by atoms with E-state index in [0.717, 1.165) is 12.1 Å². The summed E-state index contributed by atoms with van der Waals surface area (Å²) in [5.41, 5.74) is 0. The van der Waals surface area contributed by atoms with Gasteiger partial charge in [-0.25, -0.2) is 0 Å². The lowest BCUT2D eigenvalue weighted by molar-refractivity contribution is -0.0128. The van der Waals surface area contributed by atoms with Crippen LogP contribution in [0.3, 0.4) is 0 Å². The number of nitrogens with one attached hydrogen (secondary N) is 1. The summed E-state index contributed by atoms with van der Waals surface area (Å²) in [6.45, 7) is 10.0. The smallest absolute Gasteiger partial charge is 0.0239 e. The fourth-order valence-corrected chi connectivity index (χ4v) is 2.19. The van der Waals surface area contributed by atoms with Gasteiger partial charge in [0.05, 0.1) is 0 Å². The Balaban J connectivity index is 0.000000336. The highest BCUT2D eigenvalue weighted by Gasteiger charge is 2.40. The average Bonchev–Trinajstić information content (AvgIpc) is 2.18. The summed E-state index contributed by atoms with van der Waals surface area (Å²) in [6.07, 6.45) is 2.76. The molecule has 0 spiro atoms. The number of hydrogen-bond acceptors (Lipinski definition) is 2. The summed E-state index contributed by atoms with van der Waals surface area (Å²) in [5, 5.41) is 3.43. The average molecular weight is 170 g/mol. The van der Waals surface area contributed by atoms with Crippen molar-refractivity contribution in [3.05, 3.63) is 0 Å². The van der Waals surface area contributed by atoms with Gasteiger partial charge in [0.15, 0.2) is 0 Å². The van der Waals surface area contributed by atoms with Crippen LogP contribution in [0.25, 0.3) is 0 Å². The van der Waals surface area contributed by atoms with Gasteiger partial charge in [0.2, 0.25) is 0 Å². The molecule has 2 atom stereocenters. The van der Waals surface area contributed by atoms with Gasteiger partial charge < -0.3 is 5.32 Å². The van der Waals surface area contributed by atoms with E-state index in [1.165, 1.54) is 32.5 Å². The lowest BCUT2D eigenvalue weighted by atomic mass is 9.89. The standard InChI is InChI=1S/C8H16N2.C2H6/c1-2-3-10-7-4-8(10)6-9-5-7;1-2/h7-9H,2-6H2,1H3;1-2H3. The summed E-state index contributed by atoms with van der Waals surface area (Å²) < 4.78 is 0. The molecule has 2 bridgehead atoms. The van der Waals surface area contributed by atoms with Gasteiger partial charge in [-0.2, -0.15) is 0 Å². The highest BCUT2D eigenvalue weighted by Crippen LogP contribution is 2.27. The van der Waals surface area contributed by atoms with E-state index in [1.807, 2.05) is 13.8 Å². The minimum absolute atomic E-state index is 0.888. The minimum Gasteiger partial charge on any atom is -0.314 e. The second-order valence-corrected chi connectivity index (χ2v) is 3.44. The fourth-order valence-electron chi connectivity index (χ4n) is 2.19. The number of piperidine rings is 1. The molecule has 2 unspecified atom stereocenters. The van der Waals surface area contributed by atoms with E-state index < -0.39 is 0 Å². The van der Waals surface area contributed by atoms with Crippen LogP contribution >= 0.6 is 0 Å². The zero-order valence-electron chi connectivity index (χ0n) is 8.64. The van der Waals surface area contributed by atoms with E-state index in [9.17, 15) is 0 Å². The molecule has 3 fully saturated rings. The Morgan fingerprint density at radius 1 is 1.25 bits per heavy atom. The van der Waals surface area contributed by atoms with E-state index >= 15 is 0 Å². The highest BCUT2D eigenvalue weighted by atomic mass is 15.3. The maximum absolute atomic E-state index is 3.43. The SMILES string of the molecule is CC.CCCN1C2CNCC1C2. The third-order valence-corrected chi connectivity index (χ3v) is 2.72. The number of fused-ring (bicyclic) bond motifs is 2. The van der Waals surface area contributed by atoms with Gasteiger partial charge in [-0.3, -0.25) is 4.90 Å². The highest BCUT2D eigenvalue weighted by molar-refractivity contribution is 4.98. The molecule has 0 aromatic rings. The zero-order valence-corrected chi connectivity index (χ0v) is 8.64. The van der Waals surface area contributed by atoms with Crippen molar-refractivity contribution in [3.8, 4) is 0 Å². The van der Waals surface area contributed by atoms with Gasteiger partial charge >= 0.3 is 0 Å². The summed E-state index contributed by atoms with van der Waals surface area (Å²) >= 11 is 0. The summed E-state index contributed by atoms with van der Waals surface area (Å²) in [4.78, 5) is 2.65. The van der Waals surface area contributed by atoms with E-state index in [4.69, 9.17) is 0 Å². The lowest BCUT2D eigenvalue weighted by Crippen LogP contribution is -2.67. The van der Waals surface area contributed by atoms with Crippen LogP contribution in [0.1, 0.15) is 33.6 Å². The molecule has 0 radical (unpaired) electrons.